The van der Waals surface area contributed by atoms with Crippen LogP contribution in [0, 0.1) is 37.5 Å². The summed E-state index contributed by atoms with van der Waals surface area (Å²) in [6.45, 7) is 7.42. The van der Waals surface area contributed by atoms with Crippen molar-refractivity contribution in [1.82, 2.24) is 4.48 Å². The van der Waals surface area contributed by atoms with Crippen LogP contribution >= 0.6 is 0 Å². The van der Waals surface area contributed by atoms with Crippen molar-refractivity contribution in [2.75, 3.05) is 0 Å². The minimum Gasteiger partial charge on any atom is -0.481 e. The fourth-order valence-electron chi connectivity index (χ4n) is 6.44. The van der Waals surface area contributed by atoms with Gasteiger partial charge in [-0.25, -0.2) is 0 Å². The second-order valence-corrected chi connectivity index (χ2v) is 12.0. The second kappa shape index (κ2) is 13.6. The summed E-state index contributed by atoms with van der Waals surface area (Å²) in [4.78, 5) is 15.7. The number of fused-ring (bicyclic) bond motifs is 2. The maximum atomic E-state index is 14.4. The van der Waals surface area contributed by atoms with Crippen LogP contribution in [0.4, 0.5) is 8.63 Å². The molecule has 7 heteroatoms. The molecule has 5 aromatic rings. The van der Waals surface area contributed by atoms with E-state index in [1.54, 1.807) is 13.0 Å². The molecule has 0 radical (unpaired) electrons. The smallest absolute Gasteiger partial charge is 0.481 e. The number of aliphatic carboxylic acids is 1. The number of hydrogen-bond donors (Lipinski definition) is 1. The minimum absolute atomic E-state index is 0.0945. The SMILES string of the molecule is CC1=CC(C)=N/C1=C(/c1ccc(C#Cc2c3ccccc3c(C#CCCCC(=O)O)c3ccccc23)cc1)c1c(C)cc(C)n1B(F)F. The second-order valence-electron chi connectivity index (χ2n) is 12.0. The zero-order chi connectivity index (χ0) is 33.9. The molecule has 0 saturated carbocycles. The first-order valence-electron chi connectivity index (χ1n) is 15.9. The van der Waals surface area contributed by atoms with Crippen molar-refractivity contribution in [2.24, 2.45) is 4.99 Å². The van der Waals surface area contributed by atoms with Gasteiger partial charge in [0.2, 0.25) is 0 Å². The predicted octanol–water partition coefficient (Wildman–Crippen LogP) is 9.37. The van der Waals surface area contributed by atoms with Crippen molar-refractivity contribution in [1.29, 1.82) is 0 Å². The quantitative estimate of drug-likeness (QED) is 0.0876. The zero-order valence-electron chi connectivity index (χ0n) is 27.3. The average Bonchev–Trinajstić information content (AvgIpc) is 3.56. The van der Waals surface area contributed by atoms with Gasteiger partial charge in [-0.2, -0.15) is 0 Å². The molecule has 0 atom stereocenters. The van der Waals surface area contributed by atoms with Gasteiger partial charge < -0.3 is 9.58 Å². The molecule has 1 aliphatic heterocycles. The van der Waals surface area contributed by atoms with Gasteiger partial charge in [0.05, 0.1) is 5.70 Å². The number of carboxylic acid groups (broad SMARTS) is 1. The van der Waals surface area contributed by atoms with Crippen LogP contribution in [-0.4, -0.2) is 28.7 Å². The van der Waals surface area contributed by atoms with Crippen molar-refractivity contribution in [3.63, 3.8) is 0 Å². The van der Waals surface area contributed by atoms with Gasteiger partial charge in [0.15, 0.2) is 0 Å². The van der Waals surface area contributed by atoms with Gasteiger partial charge in [0.1, 0.15) is 0 Å². The van der Waals surface area contributed by atoms with Crippen molar-refractivity contribution in [3.8, 4) is 23.7 Å². The normalized spacial score (nSPS) is 13.4. The Balaban J connectivity index is 1.44. The van der Waals surface area contributed by atoms with Gasteiger partial charge in [-0.15, -0.1) is 0 Å². The van der Waals surface area contributed by atoms with Crippen LogP contribution < -0.4 is 0 Å². The highest BCUT2D eigenvalue weighted by atomic mass is 19.2. The molecule has 1 aliphatic rings. The molecule has 0 aliphatic carbocycles. The molecule has 0 saturated heterocycles. The van der Waals surface area contributed by atoms with E-state index in [0.717, 1.165) is 65.1 Å². The molecule has 4 nitrogen and oxygen atoms in total. The Morgan fingerprint density at radius 3 is 1.94 bits per heavy atom. The summed E-state index contributed by atoms with van der Waals surface area (Å²) in [5, 5.41) is 12.9. The van der Waals surface area contributed by atoms with E-state index in [4.69, 9.17) is 10.1 Å². The number of allylic oxidation sites excluding steroid dienone is 2. The van der Waals surface area contributed by atoms with Crippen LogP contribution in [-0.2, 0) is 4.79 Å². The Hall–Kier alpha value is -5.66. The third kappa shape index (κ3) is 6.33. The fraction of sp³-hybridized carbons (Fsp3) is 0.171. The van der Waals surface area contributed by atoms with Crippen LogP contribution in [0.2, 0.25) is 0 Å². The molecular formula is C41H33BF2N2O2. The van der Waals surface area contributed by atoms with Crippen LogP contribution in [0.3, 0.4) is 0 Å². The molecule has 48 heavy (non-hydrogen) atoms. The van der Waals surface area contributed by atoms with Crippen LogP contribution in [0.1, 0.15) is 72.3 Å². The van der Waals surface area contributed by atoms with Crippen LogP contribution in [0.25, 0.3) is 27.1 Å². The van der Waals surface area contributed by atoms with Gasteiger partial charge in [-0.3, -0.25) is 18.4 Å². The molecule has 0 unspecified atom stereocenters. The predicted molar refractivity (Wildman–Crippen MR) is 192 cm³/mol. The largest absolute Gasteiger partial charge is 0.677 e. The van der Waals surface area contributed by atoms with E-state index in [1.807, 2.05) is 99.6 Å². The molecule has 1 aromatic heterocycles. The Morgan fingerprint density at radius 1 is 0.833 bits per heavy atom. The summed E-state index contributed by atoms with van der Waals surface area (Å²) in [6.07, 6.45) is 3.07. The number of aryl methyl sites for hydroxylation is 2. The first kappa shape index (κ1) is 32.3. The minimum atomic E-state index is -2.69. The standard InChI is InChI=1S/C41H33BF2N2O2/c1-26-24-28(3)45-40(26)39(41-27(2)25-29(4)46(41)42(43)44)31-21-18-30(19-22-31)20-23-37-35-15-10-8-13-33(35)32(12-6-5-7-17-38(47)48)34-14-9-11-16-36(34)37/h8-11,13-16,18-19,21-22,24-25H,5,7,17H2,1-4H3,(H,47,48)/b40-39-. The summed E-state index contributed by atoms with van der Waals surface area (Å²) < 4.78 is 29.8. The number of carbonyl (C=O) groups is 1. The Labute approximate surface area is 279 Å². The van der Waals surface area contributed by atoms with Gasteiger partial charge in [-0.1, -0.05) is 84.3 Å². The number of unbranched alkanes of at least 4 members (excludes halogenated alkanes) is 1. The molecule has 0 fully saturated rings. The molecule has 236 valence electrons. The summed E-state index contributed by atoms with van der Waals surface area (Å²) in [5.74, 6) is 12.5. The van der Waals surface area contributed by atoms with Crippen molar-refractivity contribution in [2.45, 2.75) is 47.0 Å². The molecule has 2 heterocycles. The number of aromatic nitrogens is 1. The summed E-state index contributed by atoms with van der Waals surface area (Å²) in [6, 6.07) is 25.6. The summed E-state index contributed by atoms with van der Waals surface area (Å²) in [5.41, 5.74) is 8.21. The van der Waals surface area contributed by atoms with E-state index in [-0.39, 0.29) is 6.42 Å². The molecular weight excluding hydrogens is 601 g/mol. The molecule has 0 amide bonds. The Bertz CT molecular complexity index is 2260. The van der Waals surface area contributed by atoms with Crippen molar-refractivity contribution in [3.05, 3.63) is 135 Å². The molecule has 1 N–H and O–H groups in total. The number of benzene rings is 4. The lowest BCUT2D eigenvalue weighted by atomic mass is 9.91. The van der Waals surface area contributed by atoms with Gasteiger partial charge >= 0.3 is 13.4 Å². The molecule has 4 aromatic carbocycles. The Morgan fingerprint density at radius 2 is 1.42 bits per heavy atom. The van der Waals surface area contributed by atoms with Gasteiger partial charge in [0.25, 0.3) is 0 Å². The Kier molecular flexibility index (Phi) is 9.15. The van der Waals surface area contributed by atoms with Gasteiger partial charge in [0, 0.05) is 52.2 Å². The molecule has 6 rings (SSSR count). The first-order valence-corrected chi connectivity index (χ1v) is 15.9. The third-order valence-corrected chi connectivity index (χ3v) is 8.52. The third-order valence-electron chi connectivity index (χ3n) is 8.52. The van der Waals surface area contributed by atoms with E-state index in [9.17, 15) is 13.4 Å². The van der Waals surface area contributed by atoms with E-state index in [2.05, 4.69) is 23.7 Å². The summed E-state index contributed by atoms with van der Waals surface area (Å²) in [7, 11) is -2.69. The number of aliphatic imine (C=N–C) groups is 1. The van der Waals surface area contributed by atoms with Crippen LogP contribution in [0.5, 0.6) is 0 Å². The fourth-order valence-corrected chi connectivity index (χ4v) is 6.44. The highest BCUT2D eigenvalue weighted by Crippen LogP contribution is 2.37. The monoisotopic (exact) mass is 634 g/mol. The highest BCUT2D eigenvalue weighted by molar-refractivity contribution is 6.41. The van der Waals surface area contributed by atoms with Gasteiger partial charge in [-0.05, 0) is 96.6 Å². The van der Waals surface area contributed by atoms with Crippen molar-refractivity contribution < 1.29 is 18.5 Å². The maximum absolute atomic E-state index is 14.4. The number of nitrogens with zero attached hydrogens (tertiary/aromatic N) is 2. The average molecular weight is 635 g/mol. The lowest BCUT2D eigenvalue weighted by Gasteiger charge is -2.16. The number of hydrogen-bond acceptors (Lipinski definition) is 2. The molecule has 0 spiro atoms. The number of carboxylic acids is 1. The van der Waals surface area contributed by atoms with E-state index in [0.29, 0.717) is 35.5 Å². The van der Waals surface area contributed by atoms with E-state index < -0.39 is 13.4 Å². The maximum Gasteiger partial charge on any atom is 0.677 e. The summed E-state index contributed by atoms with van der Waals surface area (Å²) >= 11 is 0. The van der Waals surface area contributed by atoms with Crippen LogP contribution in [0.15, 0.2) is 101 Å². The lowest BCUT2D eigenvalue weighted by Crippen LogP contribution is -2.18. The number of rotatable bonds is 6. The van der Waals surface area contributed by atoms with E-state index in [1.165, 1.54) is 0 Å². The topological polar surface area (TPSA) is 54.6 Å². The first-order chi connectivity index (χ1) is 23.1. The zero-order valence-corrected chi connectivity index (χ0v) is 27.3. The number of halogens is 2. The lowest BCUT2D eigenvalue weighted by molar-refractivity contribution is -0.137. The van der Waals surface area contributed by atoms with E-state index >= 15 is 0 Å². The van der Waals surface area contributed by atoms with Crippen molar-refractivity contribution >= 4 is 46.2 Å². The highest BCUT2D eigenvalue weighted by Gasteiger charge is 2.29. The molecule has 0 bridgehead atoms.